The molecule has 0 saturated carbocycles. The van der Waals surface area contributed by atoms with Gasteiger partial charge in [-0.25, -0.2) is 9.50 Å². The molecule has 4 N–H and O–H groups in total. The zero-order valence-electron chi connectivity index (χ0n) is 15.9. The lowest BCUT2D eigenvalue weighted by atomic mass is 10.0. The minimum atomic E-state index is -1.45. The highest BCUT2D eigenvalue weighted by Gasteiger charge is 2.17. The first-order valence-electron chi connectivity index (χ1n) is 9.19. The second-order valence-electron chi connectivity index (χ2n) is 7.13. The molecule has 2 aromatic carbocycles. The van der Waals surface area contributed by atoms with E-state index in [9.17, 15) is 9.90 Å². The maximum atomic E-state index is 12.4. The second kappa shape index (κ2) is 7.46. The maximum Gasteiger partial charge on any atom is 0.228 e. The van der Waals surface area contributed by atoms with Crippen molar-refractivity contribution in [3.8, 4) is 11.1 Å². The number of benzene rings is 2. The van der Waals surface area contributed by atoms with Crippen molar-refractivity contribution in [1.29, 1.82) is 0 Å². The van der Waals surface area contributed by atoms with E-state index in [2.05, 4.69) is 15.4 Å². The van der Waals surface area contributed by atoms with E-state index in [1.165, 1.54) is 13.3 Å². The first kappa shape index (κ1) is 18.8. The van der Waals surface area contributed by atoms with Gasteiger partial charge in [-0.05, 0) is 53.4 Å². The Morgan fingerprint density at radius 3 is 2.69 bits per heavy atom. The minimum absolute atomic E-state index is 0.142. The summed E-state index contributed by atoms with van der Waals surface area (Å²) >= 11 is 0. The Morgan fingerprint density at radius 2 is 1.93 bits per heavy atom. The summed E-state index contributed by atoms with van der Waals surface area (Å²) in [5.74, 6) is -0.142. The molecule has 7 heteroatoms. The summed E-state index contributed by atoms with van der Waals surface area (Å²) in [4.78, 5) is 16.6. The molecule has 0 aliphatic carbocycles. The van der Waals surface area contributed by atoms with Crippen LogP contribution in [0.5, 0.6) is 0 Å². The molecule has 7 nitrogen and oxygen atoms in total. The number of anilines is 1. The zero-order valence-corrected chi connectivity index (χ0v) is 15.9. The first-order chi connectivity index (χ1) is 13.9. The van der Waals surface area contributed by atoms with Crippen LogP contribution in [0.25, 0.3) is 16.8 Å². The Kier molecular flexibility index (Phi) is 4.84. The van der Waals surface area contributed by atoms with E-state index in [1.807, 2.05) is 42.6 Å². The van der Waals surface area contributed by atoms with E-state index < -0.39 is 5.72 Å². The van der Waals surface area contributed by atoms with Gasteiger partial charge in [0.15, 0.2) is 5.65 Å². The zero-order chi connectivity index (χ0) is 20.4. The van der Waals surface area contributed by atoms with Gasteiger partial charge in [-0.3, -0.25) is 4.79 Å². The van der Waals surface area contributed by atoms with Crippen LogP contribution >= 0.6 is 0 Å². The van der Waals surface area contributed by atoms with Crippen LogP contribution in [0.4, 0.5) is 5.69 Å². The Hall–Kier alpha value is -3.55. The summed E-state index contributed by atoms with van der Waals surface area (Å²) < 4.78 is 1.71. The lowest BCUT2D eigenvalue weighted by Crippen LogP contribution is -2.32. The van der Waals surface area contributed by atoms with Crippen LogP contribution in [0, 0.1) is 0 Å². The number of carbonyl (C=O) groups excluding carboxylic acids is 1. The highest BCUT2D eigenvalue weighted by atomic mass is 16.3. The summed E-state index contributed by atoms with van der Waals surface area (Å²) in [5.41, 5.74) is 9.13. The average molecular weight is 387 g/mol. The summed E-state index contributed by atoms with van der Waals surface area (Å²) in [6.07, 6.45) is 3.63. The minimum Gasteiger partial charge on any atom is -0.372 e. The smallest absolute Gasteiger partial charge is 0.228 e. The van der Waals surface area contributed by atoms with Gasteiger partial charge in [-0.1, -0.05) is 36.4 Å². The number of hydrogen-bond donors (Lipinski definition) is 3. The Bertz CT molecular complexity index is 1160. The lowest BCUT2D eigenvalue weighted by molar-refractivity contribution is -0.115. The fourth-order valence-corrected chi connectivity index (χ4v) is 3.11. The number of rotatable bonds is 5. The van der Waals surface area contributed by atoms with E-state index in [-0.39, 0.29) is 12.3 Å². The molecule has 146 valence electrons. The van der Waals surface area contributed by atoms with Crippen LogP contribution in [-0.2, 0) is 16.9 Å². The number of fused-ring (bicyclic) bond motifs is 1. The number of pyridine rings is 1. The van der Waals surface area contributed by atoms with Crippen molar-refractivity contribution >= 4 is 17.2 Å². The van der Waals surface area contributed by atoms with E-state index in [0.29, 0.717) is 11.3 Å². The van der Waals surface area contributed by atoms with Gasteiger partial charge in [0, 0.05) is 11.9 Å². The van der Waals surface area contributed by atoms with Gasteiger partial charge in [-0.15, -0.1) is 0 Å². The predicted octanol–water partition coefficient (Wildman–Crippen LogP) is 2.70. The fraction of sp³-hybridized carbons (Fsp3) is 0.136. The van der Waals surface area contributed by atoms with Gasteiger partial charge >= 0.3 is 0 Å². The SMILES string of the molecule is CC(N)(O)c1cccc(NC(=O)Cc2ccc(-c3ccn4ncnc4c3)cc2)c1. The number of hydrogen-bond acceptors (Lipinski definition) is 5. The van der Waals surface area contributed by atoms with Crippen LogP contribution in [0.2, 0.25) is 0 Å². The average Bonchev–Trinajstić information content (AvgIpc) is 3.16. The van der Waals surface area contributed by atoms with E-state index in [4.69, 9.17) is 5.73 Å². The lowest BCUT2D eigenvalue weighted by Gasteiger charge is -2.18. The molecule has 4 aromatic rings. The van der Waals surface area contributed by atoms with Crippen molar-refractivity contribution in [2.24, 2.45) is 5.73 Å². The molecule has 2 heterocycles. The molecular formula is C22H21N5O2. The van der Waals surface area contributed by atoms with Gasteiger partial charge < -0.3 is 16.2 Å². The molecule has 29 heavy (non-hydrogen) atoms. The molecule has 0 spiro atoms. The molecule has 0 bridgehead atoms. The summed E-state index contributed by atoms with van der Waals surface area (Å²) in [6.45, 7) is 1.50. The van der Waals surface area contributed by atoms with E-state index in [1.54, 1.807) is 28.8 Å². The van der Waals surface area contributed by atoms with Crippen molar-refractivity contribution in [3.63, 3.8) is 0 Å². The van der Waals surface area contributed by atoms with Crippen molar-refractivity contribution in [3.05, 3.63) is 84.3 Å². The number of nitrogens with two attached hydrogens (primary N) is 1. The van der Waals surface area contributed by atoms with Crippen molar-refractivity contribution in [2.45, 2.75) is 19.1 Å². The summed E-state index contributed by atoms with van der Waals surface area (Å²) in [7, 11) is 0. The highest BCUT2D eigenvalue weighted by Crippen LogP contribution is 2.22. The van der Waals surface area contributed by atoms with E-state index >= 15 is 0 Å². The van der Waals surface area contributed by atoms with E-state index in [0.717, 1.165) is 22.3 Å². The molecule has 2 aromatic heterocycles. The molecule has 1 atom stereocenters. The molecule has 1 amide bonds. The molecule has 0 aliphatic rings. The Morgan fingerprint density at radius 1 is 1.14 bits per heavy atom. The maximum absolute atomic E-state index is 12.4. The third-order valence-corrected chi connectivity index (χ3v) is 4.66. The van der Waals surface area contributed by atoms with Crippen LogP contribution in [-0.4, -0.2) is 25.6 Å². The van der Waals surface area contributed by atoms with Crippen molar-refractivity contribution in [1.82, 2.24) is 14.6 Å². The molecule has 0 radical (unpaired) electrons. The van der Waals surface area contributed by atoms with Crippen LogP contribution in [0.3, 0.4) is 0 Å². The van der Waals surface area contributed by atoms with Crippen LogP contribution < -0.4 is 11.1 Å². The number of nitrogens with zero attached hydrogens (tertiary/aromatic N) is 3. The topological polar surface area (TPSA) is 106 Å². The molecule has 0 saturated heterocycles. The quantitative estimate of drug-likeness (QED) is 0.457. The summed E-state index contributed by atoms with van der Waals surface area (Å²) in [5, 5.41) is 16.8. The predicted molar refractivity (Wildman–Crippen MR) is 111 cm³/mol. The number of aromatic nitrogens is 3. The molecule has 4 rings (SSSR count). The number of aliphatic hydroxyl groups is 1. The van der Waals surface area contributed by atoms with Gasteiger partial charge in [0.05, 0.1) is 6.42 Å². The van der Waals surface area contributed by atoms with Gasteiger partial charge in [0.25, 0.3) is 0 Å². The van der Waals surface area contributed by atoms with Crippen LogP contribution in [0.1, 0.15) is 18.1 Å². The first-order valence-corrected chi connectivity index (χ1v) is 9.19. The molecular weight excluding hydrogens is 366 g/mol. The van der Waals surface area contributed by atoms with Gasteiger partial charge in [0.1, 0.15) is 12.1 Å². The van der Waals surface area contributed by atoms with Crippen molar-refractivity contribution in [2.75, 3.05) is 5.32 Å². The largest absolute Gasteiger partial charge is 0.372 e. The number of carbonyl (C=O) groups is 1. The van der Waals surface area contributed by atoms with Gasteiger partial charge in [-0.2, -0.15) is 5.10 Å². The third-order valence-electron chi connectivity index (χ3n) is 4.66. The second-order valence-corrected chi connectivity index (χ2v) is 7.13. The Labute approximate surface area is 167 Å². The highest BCUT2D eigenvalue weighted by molar-refractivity contribution is 5.92. The third kappa shape index (κ3) is 4.31. The number of nitrogens with one attached hydrogen (secondary N) is 1. The van der Waals surface area contributed by atoms with Gasteiger partial charge in [0.2, 0.25) is 5.91 Å². The fourth-order valence-electron chi connectivity index (χ4n) is 3.11. The normalized spacial score (nSPS) is 13.2. The molecule has 1 unspecified atom stereocenters. The molecule has 0 aliphatic heterocycles. The number of amides is 1. The standard InChI is InChI=1S/C22H21N5O2/c1-22(23,29)18-3-2-4-19(13-18)26-21(28)11-15-5-7-16(8-6-15)17-9-10-27-20(12-17)24-14-25-27/h2-10,12-14,29H,11,23H2,1H3,(H,26,28). The van der Waals surface area contributed by atoms with Crippen LogP contribution in [0.15, 0.2) is 73.2 Å². The summed E-state index contributed by atoms with van der Waals surface area (Å²) in [6, 6.07) is 18.7. The Balaban J connectivity index is 1.44. The molecule has 0 fully saturated rings. The monoisotopic (exact) mass is 387 g/mol. The van der Waals surface area contributed by atoms with Crippen molar-refractivity contribution < 1.29 is 9.90 Å².